The van der Waals surface area contributed by atoms with E-state index in [-0.39, 0.29) is 5.75 Å². The van der Waals surface area contributed by atoms with Crippen LogP contribution in [0.5, 0.6) is 11.5 Å². The van der Waals surface area contributed by atoms with Crippen molar-refractivity contribution < 1.29 is 9.84 Å². The highest BCUT2D eigenvalue weighted by Crippen LogP contribution is 2.32. The van der Waals surface area contributed by atoms with Gasteiger partial charge in [0.05, 0.1) is 7.11 Å². The molecule has 74 valence electrons. The standard InChI is InChI=1S/C12H14O2/c1-14-12-7-6-10(8-11(12)13)5-4-9-2-3-9/h4-9,13H,2-3H2,1H3/b5-4+. The van der Waals surface area contributed by atoms with Gasteiger partial charge < -0.3 is 9.84 Å². The van der Waals surface area contributed by atoms with Gasteiger partial charge in [0, 0.05) is 0 Å². The zero-order valence-electron chi connectivity index (χ0n) is 8.23. The van der Waals surface area contributed by atoms with Gasteiger partial charge in [-0.15, -0.1) is 0 Å². The molecule has 1 aromatic carbocycles. The second-order valence-electron chi connectivity index (χ2n) is 3.63. The number of hydrogen-bond donors (Lipinski definition) is 1. The van der Waals surface area contributed by atoms with Crippen molar-refractivity contribution >= 4 is 6.08 Å². The number of rotatable bonds is 3. The summed E-state index contributed by atoms with van der Waals surface area (Å²) in [6.07, 6.45) is 6.86. The van der Waals surface area contributed by atoms with Gasteiger partial charge in [-0.1, -0.05) is 18.2 Å². The summed E-state index contributed by atoms with van der Waals surface area (Å²) in [7, 11) is 1.55. The summed E-state index contributed by atoms with van der Waals surface area (Å²) >= 11 is 0. The van der Waals surface area contributed by atoms with Crippen LogP contribution in [-0.4, -0.2) is 12.2 Å². The minimum absolute atomic E-state index is 0.199. The molecule has 1 saturated carbocycles. The number of hydrogen-bond acceptors (Lipinski definition) is 2. The summed E-state index contributed by atoms with van der Waals surface area (Å²) in [6.45, 7) is 0. The lowest BCUT2D eigenvalue weighted by Crippen LogP contribution is -1.83. The highest BCUT2D eigenvalue weighted by molar-refractivity contribution is 5.55. The summed E-state index contributed by atoms with van der Waals surface area (Å²) < 4.78 is 4.96. The van der Waals surface area contributed by atoms with E-state index >= 15 is 0 Å². The minimum atomic E-state index is 0.199. The second kappa shape index (κ2) is 3.74. The lowest BCUT2D eigenvalue weighted by molar-refractivity contribution is 0.373. The first-order valence-electron chi connectivity index (χ1n) is 4.85. The number of benzene rings is 1. The molecule has 0 bridgehead atoms. The quantitative estimate of drug-likeness (QED) is 0.794. The predicted molar refractivity (Wildman–Crippen MR) is 56.4 cm³/mol. The number of phenolic OH excluding ortho intramolecular Hbond substituents is 1. The summed E-state index contributed by atoms with van der Waals surface area (Å²) in [6, 6.07) is 5.44. The van der Waals surface area contributed by atoms with Crippen molar-refractivity contribution in [1.82, 2.24) is 0 Å². The van der Waals surface area contributed by atoms with Crippen molar-refractivity contribution in [1.29, 1.82) is 0 Å². The molecule has 2 heteroatoms. The molecule has 1 aromatic rings. The van der Waals surface area contributed by atoms with Gasteiger partial charge in [-0.25, -0.2) is 0 Å². The van der Waals surface area contributed by atoms with Crippen LogP contribution in [0.1, 0.15) is 18.4 Å². The summed E-state index contributed by atoms with van der Waals surface area (Å²) in [4.78, 5) is 0. The molecule has 0 unspecified atom stereocenters. The van der Waals surface area contributed by atoms with Crippen LogP contribution in [0.4, 0.5) is 0 Å². The zero-order valence-corrected chi connectivity index (χ0v) is 8.23. The van der Waals surface area contributed by atoms with Crippen LogP contribution in [0, 0.1) is 5.92 Å². The average Bonchev–Trinajstić information content (AvgIpc) is 2.98. The first-order chi connectivity index (χ1) is 6.79. The number of allylic oxidation sites excluding steroid dienone is 1. The molecule has 0 radical (unpaired) electrons. The van der Waals surface area contributed by atoms with Gasteiger partial charge >= 0.3 is 0 Å². The molecule has 14 heavy (non-hydrogen) atoms. The number of ether oxygens (including phenoxy) is 1. The fraction of sp³-hybridized carbons (Fsp3) is 0.333. The van der Waals surface area contributed by atoms with Crippen molar-refractivity contribution in [3.8, 4) is 11.5 Å². The van der Waals surface area contributed by atoms with Gasteiger partial charge in [0.1, 0.15) is 0 Å². The molecule has 0 amide bonds. The third kappa shape index (κ3) is 2.08. The number of phenols is 1. The minimum Gasteiger partial charge on any atom is -0.504 e. The van der Waals surface area contributed by atoms with Gasteiger partial charge in [0.25, 0.3) is 0 Å². The predicted octanol–water partition coefficient (Wildman–Crippen LogP) is 2.82. The largest absolute Gasteiger partial charge is 0.504 e. The Morgan fingerprint density at radius 2 is 2.21 bits per heavy atom. The topological polar surface area (TPSA) is 29.5 Å². The van der Waals surface area contributed by atoms with Crippen LogP contribution < -0.4 is 4.74 Å². The Balaban J connectivity index is 2.14. The lowest BCUT2D eigenvalue weighted by Gasteiger charge is -2.03. The van der Waals surface area contributed by atoms with Crippen LogP contribution >= 0.6 is 0 Å². The lowest BCUT2D eigenvalue weighted by atomic mass is 10.1. The van der Waals surface area contributed by atoms with Crippen LogP contribution in [0.3, 0.4) is 0 Å². The number of methoxy groups -OCH3 is 1. The molecule has 0 atom stereocenters. The SMILES string of the molecule is COc1ccc(/C=C/C2CC2)cc1O. The third-order valence-electron chi connectivity index (χ3n) is 2.39. The first-order valence-corrected chi connectivity index (χ1v) is 4.85. The molecule has 1 fully saturated rings. The van der Waals surface area contributed by atoms with E-state index < -0.39 is 0 Å². The molecule has 1 aliphatic rings. The highest BCUT2D eigenvalue weighted by atomic mass is 16.5. The smallest absolute Gasteiger partial charge is 0.160 e. The van der Waals surface area contributed by atoms with E-state index in [1.165, 1.54) is 12.8 Å². The number of aromatic hydroxyl groups is 1. The normalized spacial score (nSPS) is 16.1. The van der Waals surface area contributed by atoms with E-state index in [4.69, 9.17) is 4.74 Å². The summed E-state index contributed by atoms with van der Waals surface area (Å²) in [5.41, 5.74) is 1.02. The highest BCUT2D eigenvalue weighted by Gasteiger charge is 2.16. The van der Waals surface area contributed by atoms with Gasteiger partial charge in [-0.05, 0) is 36.5 Å². The third-order valence-corrected chi connectivity index (χ3v) is 2.39. The van der Waals surface area contributed by atoms with Gasteiger partial charge in [0.2, 0.25) is 0 Å². The fourth-order valence-electron chi connectivity index (χ4n) is 1.35. The molecule has 1 N–H and O–H groups in total. The van der Waals surface area contributed by atoms with Gasteiger partial charge in [0.15, 0.2) is 11.5 Å². The van der Waals surface area contributed by atoms with Crippen molar-refractivity contribution in [2.75, 3.05) is 7.11 Å². The van der Waals surface area contributed by atoms with Crippen molar-refractivity contribution in [3.05, 3.63) is 29.8 Å². The maximum Gasteiger partial charge on any atom is 0.160 e. The molecular formula is C12H14O2. The summed E-state index contributed by atoms with van der Waals surface area (Å²) in [5.74, 6) is 1.48. The van der Waals surface area contributed by atoms with Gasteiger partial charge in [-0.3, -0.25) is 0 Å². The Bertz CT molecular complexity index is 351. The van der Waals surface area contributed by atoms with Crippen molar-refractivity contribution in [3.63, 3.8) is 0 Å². The van der Waals surface area contributed by atoms with Crippen LogP contribution in [-0.2, 0) is 0 Å². The monoisotopic (exact) mass is 190 g/mol. The Morgan fingerprint density at radius 3 is 2.79 bits per heavy atom. The molecule has 0 spiro atoms. The average molecular weight is 190 g/mol. The molecule has 0 aliphatic heterocycles. The van der Waals surface area contributed by atoms with Gasteiger partial charge in [-0.2, -0.15) is 0 Å². The van der Waals surface area contributed by atoms with E-state index in [9.17, 15) is 5.11 Å². The molecule has 2 rings (SSSR count). The second-order valence-corrected chi connectivity index (χ2v) is 3.63. The zero-order chi connectivity index (χ0) is 9.97. The Hall–Kier alpha value is -1.44. The Morgan fingerprint density at radius 1 is 1.43 bits per heavy atom. The maximum absolute atomic E-state index is 9.51. The van der Waals surface area contributed by atoms with Crippen molar-refractivity contribution in [2.45, 2.75) is 12.8 Å². The molecular weight excluding hydrogens is 176 g/mol. The molecule has 2 nitrogen and oxygen atoms in total. The molecule has 0 heterocycles. The van der Waals surface area contributed by atoms with E-state index in [2.05, 4.69) is 12.2 Å². The Kier molecular flexibility index (Phi) is 2.44. The van der Waals surface area contributed by atoms with E-state index in [0.29, 0.717) is 5.75 Å². The fourth-order valence-corrected chi connectivity index (χ4v) is 1.35. The summed E-state index contributed by atoms with van der Waals surface area (Å²) in [5, 5.41) is 9.51. The van der Waals surface area contributed by atoms with Crippen molar-refractivity contribution in [2.24, 2.45) is 5.92 Å². The maximum atomic E-state index is 9.51. The molecule has 0 saturated heterocycles. The van der Waals surface area contributed by atoms with E-state index in [1.54, 1.807) is 19.2 Å². The molecule has 0 aromatic heterocycles. The van der Waals surface area contributed by atoms with Crippen LogP contribution in [0.2, 0.25) is 0 Å². The van der Waals surface area contributed by atoms with Crippen LogP contribution in [0.15, 0.2) is 24.3 Å². The van der Waals surface area contributed by atoms with Crippen LogP contribution in [0.25, 0.3) is 6.08 Å². The van der Waals surface area contributed by atoms with E-state index in [1.807, 2.05) is 6.07 Å². The molecule has 1 aliphatic carbocycles. The Labute approximate surface area is 83.8 Å². The first kappa shape index (κ1) is 9.13. The van der Waals surface area contributed by atoms with E-state index in [0.717, 1.165) is 11.5 Å².